The van der Waals surface area contributed by atoms with E-state index in [0.29, 0.717) is 30.2 Å². The second-order valence-electron chi connectivity index (χ2n) is 7.98. The van der Waals surface area contributed by atoms with E-state index >= 15 is 0 Å². The van der Waals surface area contributed by atoms with Crippen molar-refractivity contribution < 1.29 is 19.2 Å². The standard InChI is InChI=1S/C26H28N4O4/c1-27-26(32)25-24(20-7-3-2-4-8-20)28-21(29-25)17-19-12-10-18(11-13-19)14-15-22(31)30-34-23-9-5-6-16-33-23/h2-4,7-8,10-15,23H,5-6,9,16-17H2,1H3,(H,27,32)(H,28,29)(H,30,31)/b15-14+. The third kappa shape index (κ3) is 6.18. The van der Waals surface area contributed by atoms with Crippen molar-refractivity contribution in [2.75, 3.05) is 13.7 Å². The van der Waals surface area contributed by atoms with Gasteiger partial charge in [-0.25, -0.2) is 15.3 Å². The highest BCUT2D eigenvalue weighted by atomic mass is 16.8. The number of benzene rings is 2. The van der Waals surface area contributed by atoms with Crippen molar-refractivity contribution in [1.29, 1.82) is 0 Å². The summed E-state index contributed by atoms with van der Waals surface area (Å²) in [4.78, 5) is 37.4. The van der Waals surface area contributed by atoms with Crippen LogP contribution in [0.4, 0.5) is 0 Å². The van der Waals surface area contributed by atoms with E-state index in [9.17, 15) is 9.59 Å². The van der Waals surface area contributed by atoms with Crippen LogP contribution in [0.15, 0.2) is 60.7 Å². The first-order chi connectivity index (χ1) is 16.6. The van der Waals surface area contributed by atoms with Crippen molar-refractivity contribution in [2.24, 2.45) is 0 Å². The van der Waals surface area contributed by atoms with E-state index in [1.807, 2.05) is 54.6 Å². The number of nitrogens with one attached hydrogen (secondary N) is 3. The number of ether oxygens (including phenoxy) is 1. The van der Waals surface area contributed by atoms with Gasteiger partial charge in [0.25, 0.3) is 11.8 Å². The number of hydrogen-bond donors (Lipinski definition) is 3. The Kier molecular flexibility index (Phi) is 7.85. The molecule has 3 aromatic rings. The molecule has 1 saturated heterocycles. The van der Waals surface area contributed by atoms with Gasteiger partial charge in [-0.05, 0) is 30.0 Å². The third-order valence-corrected chi connectivity index (χ3v) is 5.46. The maximum Gasteiger partial charge on any atom is 0.269 e. The number of rotatable bonds is 8. The van der Waals surface area contributed by atoms with Gasteiger partial charge in [-0.3, -0.25) is 9.59 Å². The third-order valence-electron chi connectivity index (χ3n) is 5.46. The normalized spacial score (nSPS) is 15.9. The van der Waals surface area contributed by atoms with E-state index in [-0.39, 0.29) is 18.1 Å². The van der Waals surface area contributed by atoms with Crippen LogP contribution in [-0.2, 0) is 20.8 Å². The van der Waals surface area contributed by atoms with Crippen LogP contribution in [0.1, 0.15) is 46.7 Å². The van der Waals surface area contributed by atoms with Crippen LogP contribution in [-0.4, -0.2) is 41.7 Å². The Bertz CT molecular complexity index is 1130. The molecule has 8 heteroatoms. The van der Waals surface area contributed by atoms with Crippen molar-refractivity contribution in [3.63, 3.8) is 0 Å². The van der Waals surface area contributed by atoms with Crippen molar-refractivity contribution in [3.05, 3.63) is 83.3 Å². The topological polar surface area (TPSA) is 105 Å². The Balaban J connectivity index is 1.37. The highest BCUT2D eigenvalue weighted by molar-refractivity contribution is 5.98. The van der Waals surface area contributed by atoms with Gasteiger partial charge in [-0.15, -0.1) is 0 Å². The second-order valence-corrected chi connectivity index (χ2v) is 7.98. The molecule has 34 heavy (non-hydrogen) atoms. The summed E-state index contributed by atoms with van der Waals surface area (Å²) in [6.07, 6.45) is 6.13. The smallest absolute Gasteiger partial charge is 0.269 e. The van der Waals surface area contributed by atoms with Gasteiger partial charge in [-0.2, -0.15) is 0 Å². The summed E-state index contributed by atoms with van der Waals surface area (Å²) in [6.45, 7) is 0.654. The van der Waals surface area contributed by atoms with Crippen molar-refractivity contribution >= 4 is 17.9 Å². The lowest BCUT2D eigenvalue weighted by Gasteiger charge is -2.21. The maximum atomic E-state index is 12.3. The lowest BCUT2D eigenvalue weighted by atomic mass is 10.1. The zero-order valence-electron chi connectivity index (χ0n) is 19.0. The Hall–Kier alpha value is -3.75. The average Bonchev–Trinajstić information content (AvgIpc) is 3.31. The molecule has 3 N–H and O–H groups in total. The number of hydrogen-bond acceptors (Lipinski definition) is 5. The summed E-state index contributed by atoms with van der Waals surface area (Å²) in [5.74, 6) is 0.140. The number of H-pyrrole nitrogens is 1. The van der Waals surface area contributed by atoms with Crippen LogP contribution in [0.2, 0.25) is 0 Å². The number of imidazole rings is 1. The zero-order valence-corrected chi connectivity index (χ0v) is 19.0. The van der Waals surface area contributed by atoms with Crippen LogP contribution in [0.5, 0.6) is 0 Å². The van der Waals surface area contributed by atoms with Gasteiger partial charge in [0.15, 0.2) is 6.29 Å². The minimum atomic E-state index is -0.377. The molecule has 0 spiro atoms. The number of nitrogens with zero attached hydrogens (tertiary/aromatic N) is 1. The monoisotopic (exact) mass is 460 g/mol. The highest BCUT2D eigenvalue weighted by Gasteiger charge is 2.18. The Labute approximate surface area is 198 Å². The number of hydroxylamine groups is 1. The first kappa shape index (κ1) is 23.4. The summed E-state index contributed by atoms with van der Waals surface area (Å²) >= 11 is 0. The van der Waals surface area contributed by atoms with Crippen LogP contribution in [0.3, 0.4) is 0 Å². The molecule has 2 heterocycles. The second kappa shape index (κ2) is 11.4. The first-order valence-electron chi connectivity index (χ1n) is 11.3. The van der Waals surface area contributed by atoms with Crippen LogP contribution in [0, 0.1) is 0 Å². The minimum absolute atomic E-state index is 0.213. The predicted octanol–water partition coefficient (Wildman–Crippen LogP) is 3.61. The largest absolute Gasteiger partial charge is 0.354 e. The number of carbonyl (C=O) groups is 2. The molecule has 1 atom stereocenters. The predicted molar refractivity (Wildman–Crippen MR) is 129 cm³/mol. The zero-order chi connectivity index (χ0) is 23.8. The van der Waals surface area contributed by atoms with E-state index in [1.54, 1.807) is 13.1 Å². The fraction of sp³-hybridized carbons (Fsp3) is 0.269. The quantitative estimate of drug-likeness (QED) is 0.352. The summed E-state index contributed by atoms with van der Waals surface area (Å²) in [5, 5.41) is 2.66. The molecule has 4 rings (SSSR count). The molecule has 1 aromatic heterocycles. The molecular weight excluding hydrogens is 432 g/mol. The van der Waals surface area contributed by atoms with Crippen molar-refractivity contribution in [1.82, 2.24) is 20.8 Å². The van der Waals surface area contributed by atoms with Gasteiger partial charge < -0.3 is 15.0 Å². The maximum absolute atomic E-state index is 12.3. The molecule has 2 aromatic carbocycles. The number of amides is 2. The van der Waals surface area contributed by atoms with E-state index in [1.165, 1.54) is 6.08 Å². The molecule has 0 saturated carbocycles. The molecule has 0 bridgehead atoms. The highest BCUT2D eigenvalue weighted by Crippen LogP contribution is 2.23. The summed E-state index contributed by atoms with van der Waals surface area (Å²) in [5.41, 5.74) is 6.25. The van der Waals surface area contributed by atoms with Gasteiger partial charge in [0.2, 0.25) is 0 Å². The Morgan fingerprint density at radius 3 is 2.65 bits per heavy atom. The Morgan fingerprint density at radius 2 is 1.94 bits per heavy atom. The lowest BCUT2D eigenvalue weighted by molar-refractivity contribution is -0.198. The molecule has 2 amide bonds. The molecular formula is C26H28N4O4. The van der Waals surface area contributed by atoms with Gasteiger partial charge in [0, 0.05) is 38.1 Å². The number of aromatic amines is 1. The number of carbonyl (C=O) groups excluding carboxylic acids is 2. The van der Waals surface area contributed by atoms with Crippen molar-refractivity contribution in [3.8, 4) is 11.3 Å². The van der Waals surface area contributed by atoms with Crippen molar-refractivity contribution in [2.45, 2.75) is 32.0 Å². The van der Waals surface area contributed by atoms with Gasteiger partial charge in [0.1, 0.15) is 17.2 Å². The molecule has 8 nitrogen and oxygen atoms in total. The summed E-state index contributed by atoms with van der Waals surface area (Å²) < 4.78 is 5.42. The first-order valence-corrected chi connectivity index (χ1v) is 11.3. The molecule has 1 fully saturated rings. The van der Waals surface area contributed by atoms with Gasteiger partial charge in [0.05, 0.1) is 0 Å². The molecule has 0 aliphatic carbocycles. The van der Waals surface area contributed by atoms with Gasteiger partial charge >= 0.3 is 0 Å². The van der Waals surface area contributed by atoms with E-state index in [0.717, 1.165) is 36.0 Å². The molecule has 0 radical (unpaired) electrons. The lowest BCUT2D eigenvalue weighted by Crippen LogP contribution is -2.32. The molecule has 1 aliphatic rings. The fourth-order valence-corrected chi connectivity index (χ4v) is 3.67. The molecule has 1 aliphatic heterocycles. The number of aromatic nitrogens is 2. The SMILES string of the molecule is CNC(=O)c1[nH]c(Cc2ccc(/C=C/C(=O)NOC3CCCCO3)cc2)nc1-c1ccccc1. The van der Waals surface area contributed by atoms with Crippen LogP contribution in [0.25, 0.3) is 17.3 Å². The van der Waals surface area contributed by atoms with Crippen LogP contribution >= 0.6 is 0 Å². The van der Waals surface area contributed by atoms with E-state index in [2.05, 4.69) is 20.8 Å². The summed E-state index contributed by atoms with van der Waals surface area (Å²) in [6, 6.07) is 17.4. The summed E-state index contributed by atoms with van der Waals surface area (Å²) in [7, 11) is 1.60. The van der Waals surface area contributed by atoms with E-state index < -0.39 is 0 Å². The van der Waals surface area contributed by atoms with Gasteiger partial charge in [-0.1, -0.05) is 54.6 Å². The van der Waals surface area contributed by atoms with E-state index in [4.69, 9.17) is 9.57 Å². The minimum Gasteiger partial charge on any atom is -0.354 e. The molecule has 1 unspecified atom stereocenters. The molecule has 176 valence electrons. The van der Waals surface area contributed by atoms with Crippen LogP contribution < -0.4 is 10.8 Å². The Morgan fingerprint density at radius 1 is 1.15 bits per heavy atom. The fourth-order valence-electron chi connectivity index (χ4n) is 3.67. The average molecular weight is 461 g/mol.